The molecule has 86 valence electrons. The molecular weight excluding hydrogens is 212 g/mol. The number of aliphatic carboxylic acids is 1. The Morgan fingerprint density at radius 2 is 2.00 bits per heavy atom. The Hall–Kier alpha value is -1.95. The Balaban J connectivity index is 2.96. The quantitative estimate of drug-likeness (QED) is 0.558. The largest absolute Gasteiger partial charge is 0.480 e. The van der Waals surface area contributed by atoms with Crippen molar-refractivity contribution in [3.05, 3.63) is 46.0 Å². The third-order valence-corrected chi connectivity index (χ3v) is 2.29. The zero-order valence-corrected chi connectivity index (χ0v) is 8.45. The summed E-state index contributed by atoms with van der Waals surface area (Å²) in [6.07, 6.45) is 0. The number of carboxylic acids is 1. The maximum Gasteiger partial charge on any atom is 0.321 e. The van der Waals surface area contributed by atoms with Gasteiger partial charge in [0.2, 0.25) is 6.54 Å². The van der Waals surface area contributed by atoms with Crippen molar-refractivity contribution >= 4 is 5.97 Å². The number of nitrogens with two attached hydrogens (primary N) is 1. The van der Waals surface area contributed by atoms with Gasteiger partial charge in [-0.25, -0.2) is 0 Å². The van der Waals surface area contributed by atoms with Crippen molar-refractivity contribution in [3.63, 3.8) is 0 Å². The molecule has 2 unspecified atom stereocenters. The van der Waals surface area contributed by atoms with E-state index in [0.717, 1.165) is 0 Å². The molecule has 16 heavy (non-hydrogen) atoms. The summed E-state index contributed by atoms with van der Waals surface area (Å²) < 4.78 is 0. The predicted octanol–water partition coefficient (Wildman–Crippen LogP) is 0.459. The monoisotopic (exact) mass is 224 g/mol. The van der Waals surface area contributed by atoms with E-state index < -0.39 is 29.4 Å². The predicted molar refractivity (Wildman–Crippen MR) is 56.7 cm³/mol. The van der Waals surface area contributed by atoms with Crippen LogP contribution in [0.25, 0.3) is 0 Å². The topological polar surface area (TPSA) is 106 Å². The smallest absolute Gasteiger partial charge is 0.321 e. The molecule has 0 heterocycles. The van der Waals surface area contributed by atoms with Gasteiger partial charge < -0.3 is 10.8 Å². The molecule has 0 aliphatic heterocycles. The lowest BCUT2D eigenvalue weighted by molar-refractivity contribution is -0.483. The average Bonchev–Trinajstić information content (AvgIpc) is 2.26. The summed E-state index contributed by atoms with van der Waals surface area (Å²) in [5.41, 5.74) is 6.00. The summed E-state index contributed by atoms with van der Waals surface area (Å²) in [5, 5.41) is 19.2. The molecule has 0 aromatic heterocycles. The summed E-state index contributed by atoms with van der Waals surface area (Å²) in [7, 11) is 0. The first kappa shape index (κ1) is 12.1. The second-order valence-corrected chi connectivity index (χ2v) is 3.40. The fraction of sp³-hybridized carbons (Fsp3) is 0.300. The number of hydrogen-bond donors (Lipinski definition) is 2. The van der Waals surface area contributed by atoms with Crippen LogP contribution in [-0.2, 0) is 4.79 Å². The molecule has 0 saturated heterocycles. The molecular formula is C10H12N2O4. The Labute approximate surface area is 91.8 Å². The van der Waals surface area contributed by atoms with Gasteiger partial charge in [0.15, 0.2) is 0 Å². The van der Waals surface area contributed by atoms with Gasteiger partial charge >= 0.3 is 5.97 Å². The molecule has 0 bridgehead atoms. The highest BCUT2D eigenvalue weighted by atomic mass is 16.6. The number of hydrogen-bond acceptors (Lipinski definition) is 4. The summed E-state index contributed by atoms with van der Waals surface area (Å²) >= 11 is 0. The first-order chi connectivity index (χ1) is 7.52. The number of carbonyl (C=O) groups is 1. The lowest BCUT2D eigenvalue weighted by Gasteiger charge is -2.17. The van der Waals surface area contributed by atoms with Crippen molar-refractivity contribution in [3.8, 4) is 0 Å². The zero-order chi connectivity index (χ0) is 12.1. The first-order valence-corrected chi connectivity index (χ1v) is 4.67. The van der Waals surface area contributed by atoms with Crippen LogP contribution in [0.1, 0.15) is 11.5 Å². The van der Waals surface area contributed by atoms with Gasteiger partial charge in [0.1, 0.15) is 6.04 Å². The van der Waals surface area contributed by atoms with Gasteiger partial charge in [-0.3, -0.25) is 14.9 Å². The van der Waals surface area contributed by atoms with Gasteiger partial charge in [0, 0.05) is 4.92 Å². The van der Waals surface area contributed by atoms with Gasteiger partial charge in [0.05, 0.1) is 5.92 Å². The number of nitro groups is 1. The SMILES string of the molecule is NC(C(=O)O)C(C[N+](=O)[O-])c1ccccc1. The molecule has 1 rings (SSSR count). The van der Waals surface area contributed by atoms with E-state index in [1.165, 1.54) is 0 Å². The van der Waals surface area contributed by atoms with Crippen LogP contribution in [-0.4, -0.2) is 28.6 Å². The molecule has 1 aromatic carbocycles. The van der Waals surface area contributed by atoms with Crippen molar-refractivity contribution in [1.82, 2.24) is 0 Å². The molecule has 2 atom stereocenters. The van der Waals surface area contributed by atoms with E-state index in [4.69, 9.17) is 10.8 Å². The second kappa shape index (κ2) is 5.22. The third kappa shape index (κ3) is 3.03. The molecule has 0 aliphatic carbocycles. The summed E-state index contributed by atoms with van der Waals surface area (Å²) in [4.78, 5) is 20.7. The van der Waals surface area contributed by atoms with E-state index in [1.54, 1.807) is 30.3 Å². The molecule has 1 aromatic rings. The molecule has 6 heteroatoms. The Morgan fingerprint density at radius 3 is 2.44 bits per heavy atom. The van der Waals surface area contributed by atoms with E-state index in [0.29, 0.717) is 5.56 Å². The van der Waals surface area contributed by atoms with Gasteiger partial charge in [-0.1, -0.05) is 30.3 Å². The van der Waals surface area contributed by atoms with Crippen LogP contribution in [0.3, 0.4) is 0 Å². The van der Waals surface area contributed by atoms with Crippen LogP contribution in [0.4, 0.5) is 0 Å². The number of rotatable bonds is 5. The Morgan fingerprint density at radius 1 is 1.44 bits per heavy atom. The highest BCUT2D eigenvalue weighted by Crippen LogP contribution is 2.18. The zero-order valence-electron chi connectivity index (χ0n) is 8.45. The summed E-state index contributed by atoms with van der Waals surface area (Å²) in [6, 6.07) is 7.13. The lowest BCUT2D eigenvalue weighted by Crippen LogP contribution is -2.39. The van der Waals surface area contributed by atoms with Gasteiger partial charge in [-0.05, 0) is 5.56 Å². The van der Waals surface area contributed by atoms with Crippen molar-refractivity contribution in [2.24, 2.45) is 5.73 Å². The minimum absolute atomic E-state index is 0.489. The molecule has 3 N–H and O–H groups in total. The fourth-order valence-electron chi connectivity index (χ4n) is 1.46. The molecule has 6 nitrogen and oxygen atoms in total. The van der Waals surface area contributed by atoms with Gasteiger partial charge in [-0.2, -0.15) is 0 Å². The first-order valence-electron chi connectivity index (χ1n) is 4.67. The van der Waals surface area contributed by atoms with Crippen LogP contribution >= 0.6 is 0 Å². The minimum atomic E-state index is -1.27. The molecule has 0 spiro atoms. The highest BCUT2D eigenvalue weighted by Gasteiger charge is 2.29. The number of benzene rings is 1. The normalized spacial score (nSPS) is 14.1. The maximum atomic E-state index is 10.7. The molecule has 0 saturated carbocycles. The highest BCUT2D eigenvalue weighted by molar-refractivity contribution is 5.74. The lowest BCUT2D eigenvalue weighted by atomic mass is 9.92. The third-order valence-electron chi connectivity index (χ3n) is 2.29. The van der Waals surface area contributed by atoms with E-state index in [9.17, 15) is 14.9 Å². The molecule has 0 amide bonds. The van der Waals surface area contributed by atoms with E-state index in [1.807, 2.05) is 0 Å². The molecule has 0 aliphatic rings. The number of carboxylic acid groups (broad SMARTS) is 1. The van der Waals surface area contributed by atoms with Crippen molar-refractivity contribution in [2.75, 3.05) is 6.54 Å². The maximum absolute atomic E-state index is 10.7. The van der Waals surface area contributed by atoms with Crippen LogP contribution in [0.15, 0.2) is 30.3 Å². The standard InChI is InChI=1S/C10H12N2O4/c11-9(10(13)14)8(6-12(15)16)7-4-2-1-3-5-7/h1-5,8-9H,6,11H2,(H,13,14). The van der Waals surface area contributed by atoms with Crippen molar-refractivity contribution in [1.29, 1.82) is 0 Å². The fourth-order valence-corrected chi connectivity index (χ4v) is 1.46. The minimum Gasteiger partial charge on any atom is -0.480 e. The second-order valence-electron chi connectivity index (χ2n) is 3.40. The van der Waals surface area contributed by atoms with Crippen LogP contribution < -0.4 is 5.73 Å². The summed E-state index contributed by atoms with van der Waals surface area (Å²) in [5.74, 6) is -2.05. The van der Waals surface area contributed by atoms with Gasteiger partial charge in [-0.15, -0.1) is 0 Å². The van der Waals surface area contributed by atoms with Crippen molar-refractivity contribution < 1.29 is 14.8 Å². The van der Waals surface area contributed by atoms with E-state index in [2.05, 4.69) is 0 Å². The number of nitrogens with zero attached hydrogens (tertiary/aromatic N) is 1. The average molecular weight is 224 g/mol. The molecule has 0 radical (unpaired) electrons. The van der Waals surface area contributed by atoms with Crippen LogP contribution in [0.2, 0.25) is 0 Å². The van der Waals surface area contributed by atoms with Gasteiger partial charge in [0.25, 0.3) is 0 Å². The van der Waals surface area contributed by atoms with E-state index in [-0.39, 0.29) is 0 Å². The molecule has 0 fully saturated rings. The summed E-state index contributed by atoms with van der Waals surface area (Å²) in [6.45, 7) is -0.489. The Kier molecular flexibility index (Phi) is 3.96. The van der Waals surface area contributed by atoms with E-state index >= 15 is 0 Å². The van der Waals surface area contributed by atoms with Crippen LogP contribution in [0.5, 0.6) is 0 Å². The Bertz CT molecular complexity index is 380. The van der Waals surface area contributed by atoms with Crippen LogP contribution in [0, 0.1) is 10.1 Å². The van der Waals surface area contributed by atoms with Crippen molar-refractivity contribution in [2.45, 2.75) is 12.0 Å².